The first kappa shape index (κ1) is 11.1. The topological polar surface area (TPSA) is 15.3 Å². The lowest BCUT2D eigenvalue weighted by atomic mass is 10.1. The third-order valence-corrected chi connectivity index (χ3v) is 4.21. The summed E-state index contributed by atoms with van der Waals surface area (Å²) in [6.07, 6.45) is 1.35. The lowest BCUT2D eigenvalue weighted by molar-refractivity contribution is 0.317. The average Bonchev–Trinajstić information content (AvgIpc) is 2.79. The van der Waals surface area contributed by atoms with Crippen molar-refractivity contribution in [1.82, 2.24) is 10.2 Å². The van der Waals surface area contributed by atoms with Crippen molar-refractivity contribution >= 4 is 11.3 Å². The van der Waals surface area contributed by atoms with Crippen molar-refractivity contribution < 1.29 is 0 Å². The third kappa shape index (κ3) is 2.80. The van der Waals surface area contributed by atoms with Gasteiger partial charge in [-0.05, 0) is 56.4 Å². The van der Waals surface area contributed by atoms with E-state index in [9.17, 15) is 0 Å². The standard InChI is InChI=1S/C12H20N2S/c1-10-4-6-15-12(10)9-14-5-3-11(8-14)7-13-2/h4,6,11,13H,3,5,7-9H2,1-2H3. The van der Waals surface area contributed by atoms with E-state index in [0.717, 1.165) is 12.5 Å². The first-order chi connectivity index (χ1) is 7.29. The van der Waals surface area contributed by atoms with Crippen LogP contribution in [0.15, 0.2) is 11.4 Å². The molecular formula is C12H20N2S. The van der Waals surface area contributed by atoms with Crippen molar-refractivity contribution in [2.75, 3.05) is 26.7 Å². The van der Waals surface area contributed by atoms with Crippen LogP contribution in [0.1, 0.15) is 16.9 Å². The largest absolute Gasteiger partial charge is 0.319 e. The highest BCUT2D eigenvalue weighted by Gasteiger charge is 2.22. The van der Waals surface area contributed by atoms with E-state index in [-0.39, 0.29) is 0 Å². The Morgan fingerprint density at radius 1 is 1.60 bits per heavy atom. The molecule has 0 aromatic carbocycles. The summed E-state index contributed by atoms with van der Waals surface area (Å²) in [5.41, 5.74) is 1.46. The molecule has 2 nitrogen and oxygen atoms in total. The monoisotopic (exact) mass is 224 g/mol. The van der Waals surface area contributed by atoms with Gasteiger partial charge in [-0.3, -0.25) is 4.90 Å². The zero-order valence-corrected chi connectivity index (χ0v) is 10.4. The predicted octanol–water partition coefficient (Wildman–Crippen LogP) is 2.10. The van der Waals surface area contributed by atoms with Gasteiger partial charge >= 0.3 is 0 Å². The number of nitrogens with one attached hydrogen (secondary N) is 1. The van der Waals surface area contributed by atoms with Gasteiger partial charge in [-0.25, -0.2) is 0 Å². The Bertz CT molecular complexity index is 308. The van der Waals surface area contributed by atoms with Crippen LogP contribution in [0.4, 0.5) is 0 Å². The fraction of sp³-hybridized carbons (Fsp3) is 0.667. The molecular weight excluding hydrogens is 204 g/mol. The number of nitrogens with zero attached hydrogens (tertiary/aromatic N) is 1. The molecule has 0 spiro atoms. The van der Waals surface area contributed by atoms with Gasteiger partial charge in [-0.2, -0.15) is 0 Å². The second-order valence-corrected chi connectivity index (χ2v) is 5.47. The minimum Gasteiger partial charge on any atom is -0.319 e. The van der Waals surface area contributed by atoms with Gasteiger partial charge in [-0.1, -0.05) is 0 Å². The summed E-state index contributed by atoms with van der Waals surface area (Å²) in [7, 11) is 2.05. The second kappa shape index (κ2) is 5.10. The summed E-state index contributed by atoms with van der Waals surface area (Å²) in [6, 6.07) is 2.22. The number of hydrogen-bond acceptors (Lipinski definition) is 3. The van der Waals surface area contributed by atoms with Gasteiger partial charge in [-0.15, -0.1) is 11.3 Å². The van der Waals surface area contributed by atoms with Crippen molar-refractivity contribution in [3.8, 4) is 0 Å². The molecule has 3 heteroatoms. The Balaban J connectivity index is 1.85. The Kier molecular flexibility index (Phi) is 3.78. The number of likely N-dealkylation sites (tertiary alicyclic amines) is 1. The lowest BCUT2D eigenvalue weighted by Crippen LogP contribution is -2.24. The van der Waals surface area contributed by atoms with Crippen molar-refractivity contribution in [1.29, 1.82) is 0 Å². The van der Waals surface area contributed by atoms with Crippen LogP contribution in [0, 0.1) is 12.8 Å². The van der Waals surface area contributed by atoms with E-state index < -0.39 is 0 Å². The second-order valence-electron chi connectivity index (χ2n) is 4.47. The van der Waals surface area contributed by atoms with Crippen molar-refractivity contribution in [3.63, 3.8) is 0 Å². The van der Waals surface area contributed by atoms with E-state index in [1.165, 1.54) is 31.6 Å². The molecule has 1 aliphatic rings. The molecule has 0 aliphatic carbocycles. The molecule has 2 rings (SSSR count). The van der Waals surface area contributed by atoms with Gasteiger partial charge in [0.05, 0.1) is 0 Å². The Labute approximate surface area is 96.3 Å². The molecule has 1 aromatic rings. The van der Waals surface area contributed by atoms with E-state index in [1.807, 2.05) is 18.4 Å². The number of aryl methyl sites for hydroxylation is 1. The average molecular weight is 224 g/mol. The summed E-state index contributed by atoms with van der Waals surface area (Å²) < 4.78 is 0. The number of rotatable bonds is 4. The smallest absolute Gasteiger partial charge is 0.0330 e. The third-order valence-electron chi connectivity index (χ3n) is 3.20. The molecule has 1 aromatic heterocycles. The van der Waals surface area contributed by atoms with Gasteiger partial charge in [0.1, 0.15) is 0 Å². The van der Waals surface area contributed by atoms with Crippen LogP contribution in [-0.4, -0.2) is 31.6 Å². The summed E-state index contributed by atoms with van der Waals surface area (Å²) in [5.74, 6) is 0.857. The zero-order chi connectivity index (χ0) is 10.7. The molecule has 2 heterocycles. The molecule has 1 atom stereocenters. The molecule has 1 unspecified atom stereocenters. The molecule has 0 radical (unpaired) electrons. The zero-order valence-electron chi connectivity index (χ0n) is 9.62. The highest BCUT2D eigenvalue weighted by atomic mass is 32.1. The molecule has 15 heavy (non-hydrogen) atoms. The molecule has 0 saturated carbocycles. The lowest BCUT2D eigenvalue weighted by Gasteiger charge is -2.15. The van der Waals surface area contributed by atoms with Crippen LogP contribution >= 0.6 is 11.3 Å². The van der Waals surface area contributed by atoms with Crippen molar-refractivity contribution in [2.45, 2.75) is 19.9 Å². The summed E-state index contributed by atoms with van der Waals surface area (Å²) >= 11 is 1.89. The maximum Gasteiger partial charge on any atom is 0.0330 e. The Morgan fingerprint density at radius 3 is 3.13 bits per heavy atom. The number of hydrogen-bond donors (Lipinski definition) is 1. The van der Waals surface area contributed by atoms with E-state index in [1.54, 1.807) is 4.88 Å². The SMILES string of the molecule is CNCC1CCN(Cc2sccc2C)C1. The highest BCUT2D eigenvalue weighted by Crippen LogP contribution is 2.22. The van der Waals surface area contributed by atoms with Crippen LogP contribution < -0.4 is 5.32 Å². The summed E-state index contributed by atoms with van der Waals surface area (Å²) in [4.78, 5) is 4.13. The Hall–Kier alpha value is -0.380. The van der Waals surface area contributed by atoms with Gasteiger partial charge in [0, 0.05) is 18.0 Å². The highest BCUT2D eigenvalue weighted by molar-refractivity contribution is 7.10. The van der Waals surface area contributed by atoms with Gasteiger partial charge < -0.3 is 5.32 Å². The minimum atomic E-state index is 0.857. The predicted molar refractivity (Wildman–Crippen MR) is 66.4 cm³/mol. The van der Waals surface area contributed by atoms with E-state index >= 15 is 0 Å². The van der Waals surface area contributed by atoms with Gasteiger partial charge in [0.25, 0.3) is 0 Å². The normalized spacial score (nSPS) is 22.4. The molecule has 0 bridgehead atoms. The van der Waals surface area contributed by atoms with Crippen LogP contribution in [0.3, 0.4) is 0 Å². The van der Waals surface area contributed by atoms with Crippen LogP contribution in [0.5, 0.6) is 0 Å². The van der Waals surface area contributed by atoms with Gasteiger partial charge in [0.2, 0.25) is 0 Å². The van der Waals surface area contributed by atoms with E-state index in [4.69, 9.17) is 0 Å². The maximum atomic E-state index is 3.28. The number of thiophene rings is 1. The Morgan fingerprint density at radius 2 is 2.47 bits per heavy atom. The van der Waals surface area contributed by atoms with Crippen LogP contribution in [0.25, 0.3) is 0 Å². The molecule has 1 N–H and O–H groups in total. The first-order valence-electron chi connectivity index (χ1n) is 5.69. The molecule has 1 fully saturated rings. The summed E-state index contributed by atoms with van der Waals surface area (Å²) in [5, 5.41) is 5.48. The van der Waals surface area contributed by atoms with Crippen molar-refractivity contribution in [3.05, 3.63) is 21.9 Å². The van der Waals surface area contributed by atoms with Crippen molar-refractivity contribution in [2.24, 2.45) is 5.92 Å². The van der Waals surface area contributed by atoms with E-state index in [0.29, 0.717) is 0 Å². The van der Waals surface area contributed by atoms with E-state index in [2.05, 4.69) is 28.6 Å². The molecule has 84 valence electrons. The molecule has 1 saturated heterocycles. The summed E-state index contributed by atoms with van der Waals surface area (Å²) in [6.45, 7) is 7.07. The van der Waals surface area contributed by atoms with Crippen LogP contribution in [-0.2, 0) is 6.54 Å². The maximum absolute atomic E-state index is 3.28. The minimum absolute atomic E-state index is 0.857. The molecule has 0 amide bonds. The quantitative estimate of drug-likeness (QED) is 0.842. The fourth-order valence-electron chi connectivity index (χ4n) is 2.28. The van der Waals surface area contributed by atoms with Gasteiger partial charge in [0.15, 0.2) is 0 Å². The molecule has 1 aliphatic heterocycles. The fourth-order valence-corrected chi connectivity index (χ4v) is 3.23. The van der Waals surface area contributed by atoms with Crippen LogP contribution in [0.2, 0.25) is 0 Å². The first-order valence-corrected chi connectivity index (χ1v) is 6.57.